The zero-order valence-electron chi connectivity index (χ0n) is 11.6. The maximum atomic E-state index is 12.2. The van der Waals surface area contributed by atoms with Gasteiger partial charge in [0.05, 0.1) is 16.8 Å². The van der Waals surface area contributed by atoms with Gasteiger partial charge in [0.25, 0.3) is 10.0 Å². The van der Waals surface area contributed by atoms with Gasteiger partial charge in [-0.3, -0.25) is 9.40 Å². The number of anilines is 1. The van der Waals surface area contributed by atoms with Gasteiger partial charge in [-0.15, -0.1) is 11.3 Å². The molecule has 0 bridgehead atoms. The molecular weight excluding hydrogens is 296 g/mol. The van der Waals surface area contributed by atoms with Crippen LogP contribution in [0.15, 0.2) is 28.7 Å². The van der Waals surface area contributed by atoms with Crippen molar-refractivity contribution < 1.29 is 8.42 Å². The van der Waals surface area contributed by atoms with Gasteiger partial charge in [0.15, 0.2) is 0 Å². The zero-order chi connectivity index (χ0) is 14.8. The molecule has 0 fully saturated rings. The number of aromatic nitrogens is 2. The molecule has 2 heterocycles. The van der Waals surface area contributed by atoms with Gasteiger partial charge < -0.3 is 5.32 Å². The van der Waals surface area contributed by atoms with Crippen LogP contribution in [0.1, 0.15) is 18.7 Å². The minimum Gasteiger partial charge on any atom is -0.310 e. The summed E-state index contributed by atoms with van der Waals surface area (Å²) in [6, 6.07) is 2.06. The molecule has 0 spiro atoms. The van der Waals surface area contributed by atoms with E-state index in [0.29, 0.717) is 18.3 Å². The van der Waals surface area contributed by atoms with Crippen molar-refractivity contribution in [2.75, 3.05) is 4.72 Å². The van der Waals surface area contributed by atoms with E-state index in [-0.39, 0.29) is 4.90 Å². The molecule has 0 aromatic carbocycles. The number of aryl methyl sites for hydroxylation is 1. The molecule has 2 aromatic rings. The van der Waals surface area contributed by atoms with Crippen LogP contribution in [0.25, 0.3) is 0 Å². The maximum absolute atomic E-state index is 12.2. The predicted octanol–water partition coefficient (Wildman–Crippen LogP) is 1.78. The number of hydrogen-bond acceptors (Lipinski definition) is 5. The fourth-order valence-corrected chi connectivity index (χ4v) is 3.84. The molecule has 20 heavy (non-hydrogen) atoms. The van der Waals surface area contributed by atoms with Crippen LogP contribution in [0.4, 0.5) is 5.69 Å². The van der Waals surface area contributed by atoms with E-state index in [1.165, 1.54) is 17.5 Å². The Morgan fingerprint density at radius 2 is 2.20 bits per heavy atom. The summed E-state index contributed by atoms with van der Waals surface area (Å²) in [7, 11) is -1.80. The highest BCUT2D eigenvalue weighted by Crippen LogP contribution is 2.21. The Balaban J connectivity index is 2.09. The Morgan fingerprint density at radius 3 is 2.80 bits per heavy atom. The molecule has 0 radical (unpaired) electrons. The summed E-state index contributed by atoms with van der Waals surface area (Å²) in [5.41, 5.74) is 0.459. The van der Waals surface area contributed by atoms with Crippen molar-refractivity contribution in [2.24, 2.45) is 7.05 Å². The molecule has 2 rings (SSSR count). The normalized spacial score (nSPS) is 12.0. The topological polar surface area (TPSA) is 76.0 Å². The van der Waals surface area contributed by atoms with Crippen LogP contribution in [0.2, 0.25) is 0 Å². The van der Waals surface area contributed by atoms with E-state index in [1.807, 2.05) is 0 Å². The average molecular weight is 314 g/mol. The molecule has 2 N–H and O–H groups in total. The van der Waals surface area contributed by atoms with E-state index in [1.54, 1.807) is 29.4 Å². The monoisotopic (exact) mass is 314 g/mol. The molecule has 0 aliphatic heterocycles. The van der Waals surface area contributed by atoms with Gasteiger partial charge in [-0.1, -0.05) is 13.8 Å². The standard InChI is InChI=1S/C12H18N4O2S2/c1-9(2)13-6-11-4-12(8-19-11)20(17,18)15-10-5-14-16(3)7-10/h4-5,7-9,13,15H,6H2,1-3H3. The van der Waals surface area contributed by atoms with Crippen molar-refractivity contribution in [3.05, 3.63) is 28.7 Å². The lowest BCUT2D eigenvalue weighted by Crippen LogP contribution is -2.21. The Hall–Kier alpha value is -1.38. The van der Waals surface area contributed by atoms with E-state index < -0.39 is 10.0 Å². The SMILES string of the molecule is CC(C)NCc1cc(S(=O)(=O)Nc2cnn(C)c2)cs1. The summed E-state index contributed by atoms with van der Waals surface area (Å²) in [6.45, 7) is 4.77. The molecule has 0 unspecified atom stereocenters. The number of nitrogens with one attached hydrogen (secondary N) is 2. The van der Waals surface area contributed by atoms with Gasteiger partial charge in [-0.05, 0) is 6.07 Å². The molecule has 6 nitrogen and oxygen atoms in total. The van der Waals surface area contributed by atoms with E-state index in [2.05, 4.69) is 29.0 Å². The number of thiophene rings is 1. The zero-order valence-corrected chi connectivity index (χ0v) is 13.3. The van der Waals surface area contributed by atoms with Crippen LogP contribution >= 0.6 is 11.3 Å². The van der Waals surface area contributed by atoms with E-state index in [4.69, 9.17) is 0 Å². The molecular formula is C12H18N4O2S2. The van der Waals surface area contributed by atoms with Crippen LogP contribution in [-0.4, -0.2) is 24.2 Å². The lowest BCUT2D eigenvalue weighted by atomic mass is 10.4. The molecule has 8 heteroatoms. The number of rotatable bonds is 6. The maximum Gasteiger partial charge on any atom is 0.262 e. The van der Waals surface area contributed by atoms with Crippen molar-refractivity contribution in [2.45, 2.75) is 31.3 Å². The minimum atomic E-state index is -3.54. The fraction of sp³-hybridized carbons (Fsp3) is 0.417. The lowest BCUT2D eigenvalue weighted by molar-refractivity contribution is 0.592. The van der Waals surface area contributed by atoms with Gasteiger partial charge >= 0.3 is 0 Å². The first-order valence-corrected chi connectivity index (χ1v) is 8.55. The average Bonchev–Trinajstić information content (AvgIpc) is 2.95. The molecule has 2 aromatic heterocycles. The minimum absolute atomic E-state index is 0.284. The van der Waals surface area contributed by atoms with E-state index in [9.17, 15) is 8.42 Å². The third-order valence-corrected chi connectivity index (χ3v) is 5.03. The second-order valence-electron chi connectivity index (χ2n) is 4.79. The van der Waals surface area contributed by atoms with Crippen LogP contribution < -0.4 is 10.0 Å². The van der Waals surface area contributed by atoms with E-state index >= 15 is 0 Å². The highest BCUT2D eigenvalue weighted by atomic mass is 32.2. The smallest absolute Gasteiger partial charge is 0.262 e. The van der Waals surface area contributed by atoms with Crippen molar-refractivity contribution in [1.29, 1.82) is 0 Å². The van der Waals surface area contributed by atoms with Crippen molar-refractivity contribution >= 4 is 27.0 Å². The Morgan fingerprint density at radius 1 is 1.45 bits per heavy atom. The highest BCUT2D eigenvalue weighted by Gasteiger charge is 2.17. The summed E-state index contributed by atoms with van der Waals surface area (Å²) in [6.07, 6.45) is 3.09. The molecule has 0 saturated heterocycles. The third kappa shape index (κ3) is 3.81. The molecule has 0 atom stereocenters. The Kier molecular flexibility index (Phi) is 4.46. The first-order chi connectivity index (χ1) is 9.37. The van der Waals surface area contributed by atoms with Gasteiger partial charge in [-0.2, -0.15) is 5.10 Å². The Labute approximate surface area is 122 Å². The van der Waals surface area contributed by atoms with Gasteiger partial charge in [0.2, 0.25) is 0 Å². The summed E-state index contributed by atoms with van der Waals surface area (Å²) in [4.78, 5) is 1.28. The first kappa shape index (κ1) is 15.0. The van der Waals surface area contributed by atoms with Crippen LogP contribution in [0.5, 0.6) is 0 Å². The molecule has 0 saturated carbocycles. The van der Waals surface area contributed by atoms with E-state index in [0.717, 1.165) is 4.88 Å². The summed E-state index contributed by atoms with van der Waals surface area (Å²) in [5.74, 6) is 0. The second kappa shape index (κ2) is 5.94. The van der Waals surface area contributed by atoms with Crippen LogP contribution in [0, 0.1) is 0 Å². The van der Waals surface area contributed by atoms with Crippen molar-refractivity contribution in [1.82, 2.24) is 15.1 Å². The van der Waals surface area contributed by atoms with Crippen LogP contribution in [-0.2, 0) is 23.6 Å². The predicted molar refractivity (Wildman–Crippen MR) is 80.3 cm³/mol. The fourth-order valence-electron chi connectivity index (χ4n) is 1.59. The highest BCUT2D eigenvalue weighted by molar-refractivity contribution is 7.92. The van der Waals surface area contributed by atoms with Gasteiger partial charge in [0, 0.05) is 36.1 Å². The largest absolute Gasteiger partial charge is 0.310 e. The third-order valence-electron chi connectivity index (χ3n) is 2.58. The number of sulfonamides is 1. The van der Waals surface area contributed by atoms with Gasteiger partial charge in [0.1, 0.15) is 0 Å². The summed E-state index contributed by atoms with van der Waals surface area (Å²) in [5, 5.41) is 8.84. The van der Waals surface area contributed by atoms with Gasteiger partial charge in [-0.25, -0.2) is 8.42 Å². The molecule has 0 aliphatic rings. The summed E-state index contributed by atoms with van der Waals surface area (Å²) < 4.78 is 28.5. The van der Waals surface area contributed by atoms with Crippen molar-refractivity contribution in [3.8, 4) is 0 Å². The van der Waals surface area contributed by atoms with Crippen LogP contribution in [0.3, 0.4) is 0 Å². The first-order valence-electron chi connectivity index (χ1n) is 6.19. The van der Waals surface area contributed by atoms with Crippen molar-refractivity contribution in [3.63, 3.8) is 0 Å². The Bertz CT molecular complexity index is 673. The second-order valence-corrected chi connectivity index (χ2v) is 7.47. The summed E-state index contributed by atoms with van der Waals surface area (Å²) >= 11 is 1.43. The number of nitrogens with zero attached hydrogens (tertiary/aromatic N) is 2. The molecule has 0 amide bonds. The lowest BCUT2D eigenvalue weighted by Gasteiger charge is -2.05. The number of hydrogen-bond donors (Lipinski definition) is 2. The quantitative estimate of drug-likeness (QED) is 0.852. The molecule has 110 valence electrons. The molecule has 0 aliphatic carbocycles.